The maximum Gasteiger partial charge on any atom is 0.422 e. The van der Waals surface area contributed by atoms with Gasteiger partial charge in [0.05, 0.1) is 0 Å². The number of hydrogen-bond acceptors (Lipinski definition) is 8. The number of halogens is 1. The molecule has 2 heterocycles. The minimum absolute atomic E-state index is 0.199. The van der Waals surface area contributed by atoms with Crippen molar-refractivity contribution in [3.05, 3.63) is 29.3 Å². The predicted molar refractivity (Wildman–Crippen MR) is 115 cm³/mol. The number of carbonyl (C=O) groups excluding carboxylic acids is 2. The smallest absolute Gasteiger partial charge is 0.395 e. The lowest BCUT2D eigenvalue weighted by molar-refractivity contribution is -0.437. The Labute approximate surface area is 188 Å². The number of likely N-dealkylation sites (tertiary alicyclic amines) is 1. The van der Waals surface area contributed by atoms with Gasteiger partial charge in [-0.15, -0.1) is 0 Å². The molecule has 0 saturated carbocycles. The number of hydrogen-bond donors (Lipinski definition) is 1. The second-order valence-electron chi connectivity index (χ2n) is 7.84. The van der Waals surface area contributed by atoms with Crippen molar-refractivity contribution in [2.24, 2.45) is 5.92 Å². The van der Waals surface area contributed by atoms with Gasteiger partial charge in [-0.2, -0.15) is 0 Å². The topological polar surface area (TPSA) is 86.3 Å². The van der Waals surface area contributed by atoms with E-state index >= 15 is 0 Å². The van der Waals surface area contributed by atoms with Crippen LogP contribution in [0.25, 0.3) is 0 Å². The van der Waals surface area contributed by atoms with E-state index in [-0.39, 0.29) is 5.92 Å². The molecule has 2 saturated heterocycles. The highest BCUT2D eigenvalue weighted by Crippen LogP contribution is 2.49. The Morgan fingerprint density at radius 2 is 1.90 bits per heavy atom. The fraction of sp³-hybridized carbons (Fsp3) is 0.636. The zero-order chi connectivity index (χ0) is 22.5. The Balaban J connectivity index is 1.82. The molecule has 8 nitrogen and oxygen atoms in total. The molecule has 0 aromatic heterocycles. The monoisotopic (exact) mass is 454 g/mol. The van der Waals surface area contributed by atoms with Crippen LogP contribution in [0.4, 0.5) is 5.69 Å². The van der Waals surface area contributed by atoms with Gasteiger partial charge in [-0.1, -0.05) is 37.4 Å². The minimum Gasteiger partial charge on any atom is -0.395 e. The van der Waals surface area contributed by atoms with E-state index in [1.807, 2.05) is 29.2 Å². The van der Waals surface area contributed by atoms with Crippen molar-refractivity contribution in [1.82, 2.24) is 4.90 Å². The van der Waals surface area contributed by atoms with Crippen molar-refractivity contribution in [2.75, 3.05) is 39.2 Å². The van der Waals surface area contributed by atoms with Gasteiger partial charge in [0.25, 0.3) is 5.79 Å². The van der Waals surface area contributed by atoms with E-state index in [0.717, 1.165) is 31.4 Å². The van der Waals surface area contributed by atoms with E-state index in [0.29, 0.717) is 31.1 Å². The molecule has 2 aliphatic rings. The summed E-state index contributed by atoms with van der Waals surface area (Å²) in [7, 11) is 2.97. The predicted octanol–water partition coefficient (Wildman–Crippen LogP) is 3.40. The lowest BCUT2D eigenvalue weighted by Gasteiger charge is -2.54. The Bertz CT molecular complexity index is 769. The lowest BCUT2D eigenvalue weighted by atomic mass is 9.83. The van der Waals surface area contributed by atoms with Crippen LogP contribution in [0.5, 0.6) is 0 Å². The molecule has 1 spiro atoms. The highest BCUT2D eigenvalue weighted by molar-refractivity contribution is 6.31. The zero-order valence-electron chi connectivity index (χ0n) is 18.3. The second kappa shape index (κ2) is 10.2. The summed E-state index contributed by atoms with van der Waals surface area (Å²) >= 11 is 6.06. The molecule has 2 aliphatic heterocycles. The number of nitrogens with one attached hydrogen (secondary N) is 1. The summed E-state index contributed by atoms with van der Waals surface area (Å²) in [5.74, 6) is -5.45. The third kappa shape index (κ3) is 4.53. The van der Waals surface area contributed by atoms with Crippen LogP contribution in [0, 0.1) is 5.92 Å². The minimum atomic E-state index is -1.74. The highest BCUT2D eigenvalue weighted by atomic mass is 35.5. The average Bonchev–Trinajstić information content (AvgIpc) is 3.05. The molecule has 172 valence electrons. The second-order valence-corrected chi connectivity index (χ2v) is 8.28. The first-order chi connectivity index (χ1) is 14.9. The standard InChI is InChI=1S/C22H31ClN2O6/c1-4-5-6-13-25-14-11-16(10-12-24-18-9-7-8-17(23)15-18)21(28-2,29-3)22(25)30-19(26)20(27)31-22/h7-9,15-16,24H,4-6,10-14H2,1-3H3. The fourth-order valence-corrected chi connectivity index (χ4v) is 4.75. The van der Waals surface area contributed by atoms with Crippen LogP contribution in [0.2, 0.25) is 5.02 Å². The summed E-state index contributed by atoms with van der Waals surface area (Å²) in [5.41, 5.74) is 0.901. The molecule has 1 aromatic carbocycles. The van der Waals surface area contributed by atoms with Gasteiger partial charge < -0.3 is 24.3 Å². The van der Waals surface area contributed by atoms with Crippen LogP contribution in [0.1, 0.15) is 39.0 Å². The summed E-state index contributed by atoms with van der Waals surface area (Å²) in [6, 6.07) is 7.47. The van der Waals surface area contributed by atoms with Gasteiger partial charge in [-0.25, -0.2) is 14.5 Å². The maximum absolute atomic E-state index is 12.1. The zero-order valence-corrected chi connectivity index (χ0v) is 19.1. The van der Waals surface area contributed by atoms with Crippen LogP contribution in [0.3, 0.4) is 0 Å². The number of esters is 2. The highest BCUT2D eigenvalue weighted by Gasteiger charge is 2.72. The van der Waals surface area contributed by atoms with Crippen molar-refractivity contribution < 1.29 is 28.5 Å². The van der Waals surface area contributed by atoms with Crippen LogP contribution < -0.4 is 5.32 Å². The van der Waals surface area contributed by atoms with E-state index in [1.165, 1.54) is 14.2 Å². The Morgan fingerprint density at radius 1 is 1.19 bits per heavy atom. The summed E-state index contributed by atoms with van der Waals surface area (Å²) in [5, 5.41) is 3.99. The van der Waals surface area contributed by atoms with E-state index < -0.39 is 23.6 Å². The molecule has 0 bridgehead atoms. The van der Waals surface area contributed by atoms with Crippen LogP contribution in [0.15, 0.2) is 24.3 Å². The summed E-state index contributed by atoms with van der Waals surface area (Å²) in [4.78, 5) is 26.1. The molecule has 31 heavy (non-hydrogen) atoms. The molecule has 0 aliphatic carbocycles. The molecule has 1 atom stereocenters. The molecule has 1 aromatic rings. The number of ether oxygens (including phenoxy) is 4. The van der Waals surface area contributed by atoms with Crippen molar-refractivity contribution >= 4 is 29.2 Å². The Morgan fingerprint density at radius 3 is 2.52 bits per heavy atom. The van der Waals surface area contributed by atoms with E-state index in [4.69, 9.17) is 30.5 Å². The molecule has 2 fully saturated rings. The third-order valence-electron chi connectivity index (χ3n) is 6.05. The van der Waals surface area contributed by atoms with Crippen molar-refractivity contribution in [1.29, 1.82) is 0 Å². The number of benzene rings is 1. The van der Waals surface area contributed by atoms with Gasteiger partial charge in [0.2, 0.25) is 0 Å². The van der Waals surface area contributed by atoms with Crippen LogP contribution in [-0.2, 0) is 28.5 Å². The van der Waals surface area contributed by atoms with Crippen molar-refractivity contribution in [3.63, 3.8) is 0 Å². The van der Waals surface area contributed by atoms with E-state index in [9.17, 15) is 9.59 Å². The van der Waals surface area contributed by atoms with Gasteiger partial charge in [0.1, 0.15) is 0 Å². The Hall–Kier alpha value is -1.87. The SMILES string of the molecule is CCCCCN1CCC(CCNc2cccc(Cl)c2)C(OC)(OC)C12OC(=O)C(=O)O2. The molecule has 1 N–H and O–H groups in total. The first kappa shape index (κ1) is 23.8. The van der Waals surface area contributed by atoms with Gasteiger partial charge >= 0.3 is 17.8 Å². The molecule has 0 amide bonds. The number of piperidine rings is 1. The third-order valence-corrected chi connectivity index (χ3v) is 6.29. The van der Waals surface area contributed by atoms with Crippen molar-refractivity contribution in [2.45, 2.75) is 50.7 Å². The molecular formula is C22H31ClN2O6. The number of anilines is 1. The first-order valence-corrected chi connectivity index (χ1v) is 11.1. The first-order valence-electron chi connectivity index (χ1n) is 10.7. The number of carbonyl (C=O) groups is 2. The van der Waals surface area contributed by atoms with Crippen LogP contribution in [-0.4, -0.2) is 62.4 Å². The van der Waals surface area contributed by atoms with E-state index in [2.05, 4.69) is 12.2 Å². The van der Waals surface area contributed by atoms with Gasteiger partial charge in [0, 0.05) is 50.5 Å². The quantitative estimate of drug-likeness (QED) is 0.249. The molecule has 0 radical (unpaired) electrons. The van der Waals surface area contributed by atoms with Crippen LogP contribution >= 0.6 is 11.6 Å². The molecule has 3 rings (SSSR count). The molecule has 9 heteroatoms. The Kier molecular flexibility index (Phi) is 7.80. The van der Waals surface area contributed by atoms with Gasteiger partial charge in [0.15, 0.2) is 0 Å². The fourth-order valence-electron chi connectivity index (χ4n) is 4.56. The molecular weight excluding hydrogens is 424 g/mol. The summed E-state index contributed by atoms with van der Waals surface area (Å²) in [6.07, 6.45) is 4.28. The summed E-state index contributed by atoms with van der Waals surface area (Å²) < 4.78 is 22.9. The van der Waals surface area contributed by atoms with E-state index in [1.54, 1.807) is 0 Å². The normalized spacial score (nSPS) is 22.4. The average molecular weight is 455 g/mol. The summed E-state index contributed by atoms with van der Waals surface area (Å²) in [6.45, 7) is 3.89. The lowest BCUT2D eigenvalue weighted by Crippen LogP contribution is -2.73. The largest absolute Gasteiger partial charge is 0.422 e. The maximum atomic E-state index is 12.1. The number of nitrogens with zero attached hydrogens (tertiary/aromatic N) is 1. The molecule has 1 unspecified atom stereocenters. The van der Waals surface area contributed by atoms with Gasteiger partial charge in [-0.05, 0) is 37.5 Å². The number of rotatable bonds is 10. The number of unbranched alkanes of at least 4 members (excludes halogenated alkanes) is 2. The number of methoxy groups -OCH3 is 2. The van der Waals surface area contributed by atoms with Gasteiger partial charge in [-0.3, -0.25) is 0 Å². The van der Waals surface area contributed by atoms with Crippen molar-refractivity contribution in [3.8, 4) is 0 Å².